The van der Waals surface area contributed by atoms with E-state index >= 15 is 0 Å². The average molecular weight is 333 g/mol. The van der Waals surface area contributed by atoms with E-state index in [4.69, 9.17) is 0 Å². The highest BCUT2D eigenvalue weighted by molar-refractivity contribution is 5.95. The van der Waals surface area contributed by atoms with Crippen LogP contribution >= 0.6 is 0 Å². The first-order valence-electron chi connectivity index (χ1n) is 8.30. The molecule has 1 atom stereocenters. The van der Waals surface area contributed by atoms with Crippen molar-refractivity contribution in [2.75, 3.05) is 18.4 Å². The maximum atomic E-state index is 11.7. The molecule has 0 aliphatic carbocycles. The summed E-state index contributed by atoms with van der Waals surface area (Å²) in [5, 5.41) is 4.56. The molecule has 0 bridgehead atoms. The van der Waals surface area contributed by atoms with Gasteiger partial charge in [0.15, 0.2) is 0 Å². The minimum absolute atomic E-state index is 0.0107. The van der Waals surface area contributed by atoms with Crippen LogP contribution in [0, 0.1) is 0 Å². The fourth-order valence-electron chi connectivity index (χ4n) is 3.30. The van der Waals surface area contributed by atoms with Crippen LogP contribution in [0.15, 0.2) is 55.6 Å². The molecule has 3 aromatic rings. The molecule has 3 aromatic heterocycles. The lowest BCUT2D eigenvalue weighted by Gasteiger charge is -2.16. The number of hydrogen-bond donors (Lipinski definition) is 2. The second-order valence-electron chi connectivity index (χ2n) is 6.18. The van der Waals surface area contributed by atoms with Crippen molar-refractivity contribution >= 4 is 22.6 Å². The third-order valence-corrected chi connectivity index (χ3v) is 4.57. The highest BCUT2D eigenvalue weighted by Gasteiger charge is 2.24. The van der Waals surface area contributed by atoms with E-state index in [1.54, 1.807) is 12.4 Å². The summed E-state index contributed by atoms with van der Waals surface area (Å²) in [5.41, 5.74) is 4.01. The highest BCUT2D eigenvalue weighted by atomic mass is 16.2. The molecule has 0 spiro atoms. The minimum Gasteiger partial charge on any atom is -0.379 e. The van der Waals surface area contributed by atoms with Crippen LogP contribution < -0.4 is 5.32 Å². The Kier molecular flexibility index (Phi) is 3.93. The number of amides is 1. The standard InChI is InChI=1S/C19H19N5O/c1-2-18(25)24-8-5-14(12-24)23-15-9-16-17(11-22-19(16)21-10-15)13-3-6-20-7-4-13/h2-4,6-7,9-11,14,23H,1,5,8,12H2,(H,21,22). The van der Waals surface area contributed by atoms with Crippen LogP contribution in [0.3, 0.4) is 0 Å². The van der Waals surface area contributed by atoms with E-state index in [0.717, 1.165) is 40.8 Å². The Morgan fingerprint density at radius 3 is 3.04 bits per heavy atom. The van der Waals surface area contributed by atoms with Gasteiger partial charge in [-0.3, -0.25) is 9.78 Å². The van der Waals surface area contributed by atoms with Crippen molar-refractivity contribution in [3.63, 3.8) is 0 Å². The average Bonchev–Trinajstić information content (AvgIpc) is 3.28. The van der Waals surface area contributed by atoms with E-state index in [1.165, 1.54) is 6.08 Å². The molecule has 1 unspecified atom stereocenters. The Bertz CT molecular complexity index is 918. The number of nitrogens with one attached hydrogen (secondary N) is 2. The van der Waals surface area contributed by atoms with Gasteiger partial charge in [-0.05, 0) is 36.3 Å². The topological polar surface area (TPSA) is 73.9 Å². The van der Waals surface area contributed by atoms with Gasteiger partial charge in [0.1, 0.15) is 5.65 Å². The minimum atomic E-state index is -0.0107. The molecule has 6 heteroatoms. The maximum Gasteiger partial charge on any atom is 0.246 e. The normalized spacial score (nSPS) is 17.0. The summed E-state index contributed by atoms with van der Waals surface area (Å²) in [4.78, 5) is 25.3. The molecule has 1 amide bonds. The fraction of sp³-hybridized carbons (Fsp3) is 0.211. The Morgan fingerprint density at radius 2 is 2.24 bits per heavy atom. The smallest absolute Gasteiger partial charge is 0.246 e. The second-order valence-corrected chi connectivity index (χ2v) is 6.18. The molecule has 1 saturated heterocycles. The number of H-pyrrole nitrogens is 1. The van der Waals surface area contributed by atoms with E-state index in [-0.39, 0.29) is 11.9 Å². The van der Waals surface area contributed by atoms with Crippen LogP contribution in [0.1, 0.15) is 6.42 Å². The first kappa shape index (κ1) is 15.4. The first-order chi connectivity index (χ1) is 12.2. The lowest BCUT2D eigenvalue weighted by atomic mass is 10.1. The molecule has 1 aliphatic rings. The summed E-state index contributed by atoms with van der Waals surface area (Å²) < 4.78 is 0. The number of carbonyl (C=O) groups is 1. The summed E-state index contributed by atoms with van der Waals surface area (Å²) in [6.45, 7) is 4.99. The summed E-state index contributed by atoms with van der Waals surface area (Å²) in [7, 11) is 0. The number of nitrogens with zero attached hydrogens (tertiary/aromatic N) is 3. The van der Waals surface area contributed by atoms with Gasteiger partial charge < -0.3 is 15.2 Å². The van der Waals surface area contributed by atoms with Gasteiger partial charge in [0.2, 0.25) is 5.91 Å². The van der Waals surface area contributed by atoms with Gasteiger partial charge in [-0.2, -0.15) is 0 Å². The van der Waals surface area contributed by atoms with E-state index in [0.29, 0.717) is 6.54 Å². The Balaban J connectivity index is 1.57. The first-order valence-corrected chi connectivity index (χ1v) is 8.30. The van der Waals surface area contributed by atoms with Crippen molar-refractivity contribution in [3.05, 3.63) is 55.6 Å². The monoisotopic (exact) mass is 333 g/mol. The zero-order chi connectivity index (χ0) is 17.2. The molecule has 25 heavy (non-hydrogen) atoms. The zero-order valence-electron chi connectivity index (χ0n) is 13.8. The number of aromatic amines is 1. The quantitative estimate of drug-likeness (QED) is 0.720. The third-order valence-electron chi connectivity index (χ3n) is 4.57. The molecule has 0 aromatic carbocycles. The van der Waals surface area contributed by atoms with Gasteiger partial charge in [-0.15, -0.1) is 0 Å². The molecule has 1 aliphatic heterocycles. The lowest BCUT2D eigenvalue weighted by molar-refractivity contribution is -0.125. The molecule has 2 N–H and O–H groups in total. The molecule has 126 valence electrons. The predicted molar refractivity (Wildman–Crippen MR) is 98.1 cm³/mol. The number of aromatic nitrogens is 3. The van der Waals surface area contributed by atoms with Crippen molar-refractivity contribution in [3.8, 4) is 11.1 Å². The Hall–Kier alpha value is -3.15. The number of carbonyl (C=O) groups excluding carboxylic acids is 1. The van der Waals surface area contributed by atoms with Gasteiger partial charge in [0, 0.05) is 48.7 Å². The SMILES string of the molecule is C=CC(=O)N1CCC(Nc2cnc3[nH]cc(-c4ccncc4)c3c2)C1. The molecule has 4 rings (SSSR count). The van der Waals surface area contributed by atoms with E-state index in [1.807, 2.05) is 29.4 Å². The number of likely N-dealkylation sites (tertiary alicyclic amines) is 1. The van der Waals surface area contributed by atoms with Crippen molar-refractivity contribution in [1.82, 2.24) is 19.9 Å². The van der Waals surface area contributed by atoms with Crippen LogP contribution in [0.2, 0.25) is 0 Å². The van der Waals surface area contributed by atoms with Gasteiger partial charge in [-0.1, -0.05) is 6.58 Å². The molecule has 0 radical (unpaired) electrons. The molecule has 6 nitrogen and oxygen atoms in total. The number of anilines is 1. The van der Waals surface area contributed by atoms with Gasteiger partial charge in [0.25, 0.3) is 0 Å². The number of rotatable bonds is 4. The largest absolute Gasteiger partial charge is 0.379 e. The summed E-state index contributed by atoms with van der Waals surface area (Å²) in [5.74, 6) is -0.0107. The molecular weight excluding hydrogens is 314 g/mol. The summed E-state index contributed by atoms with van der Waals surface area (Å²) >= 11 is 0. The number of pyridine rings is 2. The van der Waals surface area contributed by atoms with Crippen molar-refractivity contribution in [2.24, 2.45) is 0 Å². The maximum absolute atomic E-state index is 11.7. The summed E-state index contributed by atoms with van der Waals surface area (Å²) in [6.07, 6.45) is 9.66. The van der Waals surface area contributed by atoms with Crippen molar-refractivity contribution < 1.29 is 4.79 Å². The fourth-order valence-corrected chi connectivity index (χ4v) is 3.30. The van der Waals surface area contributed by atoms with Crippen LogP contribution in [-0.4, -0.2) is 44.9 Å². The molecule has 0 saturated carbocycles. The molecular formula is C19H19N5O. The van der Waals surface area contributed by atoms with Crippen LogP contribution in [-0.2, 0) is 4.79 Å². The molecule has 4 heterocycles. The van der Waals surface area contributed by atoms with E-state index < -0.39 is 0 Å². The number of fused-ring (bicyclic) bond motifs is 1. The van der Waals surface area contributed by atoms with E-state index in [9.17, 15) is 4.79 Å². The lowest BCUT2D eigenvalue weighted by Crippen LogP contribution is -2.30. The second kappa shape index (κ2) is 6.39. The van der Waals surface area contributed by atoms with E-state index in [2.05, 4.69) is 32.9 Å². The Morgan fingerprint density at radius 1 is 1.40 bits per heavy atom. The van der Waals surface area contributed by atoms with Crippen LogP contribution in [0.5, 0.6) is 0 Å². The van der Waals surface area contributed by atoms with Gasteiger partial charge in [0.05, 0.1) is 11.9 Å². The number of hydrogen-bond acceptors (Lipinski definition) is 4. The van der Waals surface area contributed by atoms with Crippen LogP contribution in [0.4, 0.5) is 5.69 Å². The summed E-state index contributed by atoms with van der Waals surface area (Å²) in [6, 6.07) is 6.30. The van der Waals surface area contributed by atoms with Crippen molar-refractivity contribution in [1.29, 1.82) is 0 Å². The van der Waals surface area contributed by atoms with Gasteiger partial charge >= 0.3 is 0 Å². The van der Waals surface area contributed by atoms with Crippen LogP contribution in [0.25, 0.3) is 22.2 Å². The van der Waals surface area contributed by atoms with Crippen molar-refractivity contribution in [2.45, 2.75) is 12.5 Å². The molecule has 1 fully saturated rings. The third kappa shape index (κ3) is 2.98. The Labute approximate surface area is 145 Å². The zero-order valence-corrected chi connectivity index (χ0v) is 13.8. The highest BCUT2D eigenvalue weighted by Crippen LogP contribution is 2.29. The van der Waals surface area contributed by atoms with Gasteiger partial charge in [-0.25, -0.2) is 4.98 Å². The predicted octanol–water partition coefficient (Wildman–Crippen LogP) is 2.82.